The quantitative estimate of drug-likeness (QED) is 0.277. The fraction of sp³-hybridized carbons (Fsp3) is 0.296. The van der Waals surface area contributed by atoms with Crippen molar-refractivity contribution in [1.82, 2.24) is 9.55 Å². The number of carbonyl (C=O) groups is 1. The Morgan fingerprint density at radius 3 is 2.53 bits per heavy atom. The number of rotatable bonds is 5. The zero-order valence-electron chi connectivity index (χ0n) is 19.8. The SMILES string of the molecule is Cc1cc(C)c(NC(=O)[C@H](C)Sc2nc3sc4c(c3c(=O)n2-c2ccccc2)CCC4)c(C)c1. The minimum Gasteiger partial charge on any atom is -0.325 e. The fourth-order valence-electron chi connectivity index (χ4n) is 4.72. The van der Waals surface area contributed by atoms with Gasteiger partial charge in [0.25, 0.3) is 5.56 Å². The van der Waals surface area contributed by atoms with E-state index in [0.29, 0.717) is 5.16 Å². The topological polar surface area (TPSA) is 64.0 Å². The number of thioether (sulfide) groups is 1. The molecule has 34 heavy (non-hydrogen) atoms. The van der Waals surface area contributed by atoms with Crippen LogP contribution in [0.15, 0.2) is 52.4 Å². The van der Waals surface area contributed by atoms with E-state index in [1.807, 2.05) is 51.1 Å². The molecule has 1 aliphatic carbocycles. The van der Waals surface area contributed by atoms with E-state index < -0.39 is 5.25 Å². The van der Waals surface area contributed by atoms with Crippen LogP contribution in [0.25, 0.3) is 15.9 Å². The highest BCUT2D eigenvalue weighted by Gasteiger charge is 2.26. The molecule has 174 valence electrons. The predicted molar refractivity (Wildman–Crippen MR) is 142 cm³/mol. The Morgan fingerprint density at radius 2 is 1.82 bits per heavy atom. The molecule has 5 nitrogen and oxygen atoms in total. The average Bonchev–Trinajstić information content (AvgIpc) is 3.37. The maximum Gasteiger partial charge on any atom is 0.267 e. The predicted octanol–water partition coefficient (Wildman–Crippen LogP) is 5.98. The molecule has 0 unspecified atom stereocenters. The Morgan fingerprint density at radius 1 is 1.12 bits per heavy atom. The van der Waals surface area contributed by atoms with Crippen LogP contribution >= 0.6 is 23.1 Å². The normalized spacial score (nSPS) is 13.8. The highest BCUT2D eigenvalue weighted by atomic mass is 32.2. The number of amides is 1. The van der Waals surface area contributed by atoms with E-state index in [0.717, 1.165) is 57.5 Å². The maximum absolute atomic E-state index is 13.7. The molecule has 7 heteroatoms. The van der Waals surface area contributed by atoms with Gasteiger partial charge in [0.1, 0.15) is 4.83 Å². The summed E-state index contributed by atoms with van der Waals surface area (Å²) in [6.45, 7) is 7.92. The van der Waals surface area contributed by atoms with E-state index in [-0.39, 0.29) is 11.5 Å². The number of thiophene rings is 1. The third kappa shape index (κ3) is 4.07. The Hall–Kier alpha value is -2.90. The number of hydrogen-bond donors (Lipinski definition) is 1. The number of anilines is 1. The number of hydrogen-bond acceptors (Lipinski definition) is 5. The van der Waals surface area contributed by atoms with Gasteiger partial charge < -0.3 is 5.32 Å². The van der Waals surface area contributed by atoms with Crippen LogP contribution < -0.4 is 10.9 Å². The molecule has 0 bridgehead atoms. The number of aromatic nitrogens is 2. The van der Waals surface area contributed by atoms with Gasteiger partial charge in [0, 0.05) is 10.6 Å². The van der Waals surface area contributed by atoms with Crippen molar-refractivity contribution in [2.75, 3.05) is 5.32 Å². The van der Waals surface area contributed by atoms with Crippen molar-refractivity contribution in [3.05, 3.63) is 79.9 Å². The summed E-state index contributed by atoms with van der Waals surface area (Å²) in [6, 6.07) is 13.7. The molecule has 4 aromatic rings. The summed E-state index contributed by atoms with van der Waals surface area (Å²) >= 11 is 2.95. The van der Waals surface area contributed by atoms with E-state index in [9.17, 15) is 9.59 Å². The summed E-state index contributed by atoms with van der Waals surface area (Å²) in [5, 5.41) is 3.95. The highest BCUT2D eigenvalue weighted by molar-refractivity contribution is 8.00. The smallest absolute Gasteiger partial charge is 0.267 e. The molecule has 0 saturated carbocycles. The van der Waals surface area contributed by atoms with Gasteiger partial charge in [-0.1, -0.05) is 47.7 Å². The van der Waals surface area contributed by atoms with E-state index >= 15 is 0 Å². The lowest BCUT2D eigenvalue weighted by Crippen LogP contribution is -2.26. The number of aryl methyl sites for hydroxylation is 5. The fourth-order valence-corrected chi connectivity index (χ4v) is 6.95. The first-order chi connectivity index (χ1) is 16.3. The van der Waals surface area contributed by atoms with Gasteiger partial charge in [-0.25, -0.2) is 4.98 Å². The van der Waals surface area contributed by atoms with Gasteiger partial charge in [-0.3, -0.25) is 14.2 Å². The minimum atomic E-state index is -0.439. The van der Waals surface area contributed by atoms with Gasteiger partial charge >= 0.3 is 0 Å². The van der Waals surface area contributed by atoms with Crippen molar-refractivity contribution in [1.29, 1.82) is 0 Å². The van der Waals surface area contributed by atoms with Gasteiger partial charge in [0.15, 0.2) is 5.16 Å². The van der Waals surface area contributed by atoms with Crippen LogP contribution in [-0.4, -0.2) is 20.7 Å². The first-order valence-electron chi connectivity index (χ1n) is 11.5. The Balaban J connectivity index is 1.53. The third-order valence-corrected chi connectivity index (χ3v) is 8.54. The van der Waals surface area contributed by atoms with Crippen molar-refractivity contribution < 1.29 is 4.79 Å². The van der Waals surface area contributed by atoms with Crippen LogP contribution in [0.5, 0.6) is 0 Å². The number of nitrogens with one attached hydrogen (secondary N) is 1. The molecular formula is C27H27N3O2S2. The first-order valence-corrected chi connectivity index (χ1v) is 13.2. The monoisotopic (exact) mass is 489 g/mol. The molecule has 0 spiro atoms. The molecule has 1 N–H and O–H groups in total. The molecule has 1 aliphatic rings. The summed E-state index contributed by atoms with van der Waals surface area (Å²) in [7, 11) is 0. The Labute approximate surface area is 207 Å². The second-order valence-electron chi connectivity index (χ2n) is 8.93. The zero-order chi connectivity index (χ0) is 24.0. The summed E-state index contributed by atoms with van der Waals surface area (Å²) in [5.74, 6) is -0.109. The molecule has 0 fully saturated rings. The third-order valence-electron chi connectivity index (χ3n) is 6.30. The number of para-hydroxylation sites is 1. The number of benzene rings is 2. The van der Waals surface area contributed by atoms with Gasteiger partial charge in [0.2, 0.25) is 5.91 Å². The zero-order valence-corrected chi connectivity index (χ0v) is 21.4. The summed E-state index contributed by atoms with van der Waals surface area (Å²) in [5.41, 5.74) is 5.98. The van der Waals surface area contributed by atoms with Gasteiger partial charge in [-0.2, -0.15) is 0 Å². The van der Waals surface area contributed by atoms with Crippen molar-refractivity contribution >= 4 is 44.9 Å². The first kappa shape index (κ1) is 22.9. The van der Waals surface area contributed by atoms with E-state index in [1.165, 1.54) is 22.2 Å². The van der Waals surface area contributed by atoms with E-state index in [2.05, 4.69) is 24.4 Å². The van der Waals surface area contributed by atoms with Crippen LogP contribution in [0, 0.1) is 20.8 Å². The summed E-state index contributed by atoms with van der Waals surface area (Å²) < 4.78 is 1.67. The van der Waals surface area contributed by atoms with Crippen molar-refractivity contribution in [2.45, 2.75) is 57.4 Å². The molecule has 1 amide bonds. The molecule has 0 aliphatic heterocycles. The largest absolute Gasteiger partial charge is 0.325 e. The number of nitrogens with zero attached hydrogens (tertiary/aromatic N) is 2. The maximum atomic E-state index is 13.7. The van der Waals surface area contributed by atoms with Crippen molar-refractivity contribution in [3.63, 3.8) is 0 Å². The summed E-state index contributed by atoms with van der Waals surface area (Å²) in [4.78, 5) is 33.9. The van der Waals surface area contributed by atoms with Crippen LogP contribution in [0.1, 0.15) is 40.5 Å². The lowest BCUT2D eigenvalue weighted by molar-refractivity contribution is -0.115. The lowest BCUT2D eigenvalue weighted by atomic mass is 10.1. The summed E-state index contributed by atoms with van der Waals surface area (Å²) in [6.07, 6.45) is 3.03. The van der Waals surface area contributed by atoms with E-state index in [4.69, 9.17) is 4.98 Å². The average molecular weight is 490 g/mol. The highest BCUT2D eigenvalue weighted by Crippen LogP contribution is 2.36. The molecular weight excluding hydrogens is 462 g/mol. The van der Waals surface area contributed by atoms with Crippen LogP contribution in [0.2, 0.25) is 0 Å². The number of carbonyl (C=O) groups excluding carboxylic acids is 1. The molecule has 0 radical (unpaired) electrons. The second kappa shape index (κ2) is 9.04. The van der Waals surface area contributed by atoms with Crippen LogP contribution in [0.4, 0.5) is 5.69 Å². The van der Waals surface area contributed by atoms with Gasteiger partial charge in [-0.05, 0) is 75.8 Å². The molecule has 2 aromatic heterocycles. The van der Waals surface area contributed by atoms with Gasteiger partial charge in [0.05, 0.1) is 16.3 Å². The number of fused-ring (bicyclic) bond motifs is 3. The molecule has 1 atom stereocenters. The van der Waals surface area contributed by atoms with Crippen LogP contribution in [-0.2, 0) is 17.6 Å². The Kier molecular flexibility index (Phi) is 6.08. The Bertz CT molecular complexity index is 1450. The minimum absolute atomic E-state index is 0.0454. The molecule has 0 saturated heterocycles. The van der Waals surface area contributed by atoms with Gasteiger partial charge in [-0.15, -0.1) is 11.3 Å². The molecule has 2 heterocycles. The van der Waals surface area contributed by atoms with Crippen molar-refractivity contribution in [3.8, 4) is 5.69 Å². The molecule has 5 rings (SSSR count). The van der Waals surface area contributed by atoms with E-state index in [1.54, 1.807) is 15.9 Å². The van der Waals surface area contributed by atoms with Crippen LogP contribution in [0.3, 0.4) is 0 Å². The lowest BCUT2D eigenvalue weighted by Gasteiger charge is -2.18. The second-order valence-corrected chi connectivity index (χ2v) is 11.3. The standard InChI is InChI=1S/C27H27N3O2S2/c1-15-13-16(2)23(17(3)14-15)28-24(31)18(4)33-27-29-25-22(20-11-8-12-21(20)34-25)26(32)30(27)19-9-6-5-7-10-19/h5-7,9-10,13-14,18H,8,11-12H2,1-4H3,(H,28,31)/t18-/m0/s1. The molecule has 2 aromatic carbocycles. The van der Waals surface area contributed by atoms with Crippen molar-refractivity contribution in [2.24, 2.45) is 0 Å².